The Morgan fingerprint density at radius 1 is 0.775 bits per heavy atom. The van der Waals surface area contributed by atoms with Crippen LogP contribution in [0, 0.1) is 0 Å². The minimum atomic E-state index is -0.608. The predicted molar refractivity (Wildman–Crippen MR) is 160 cm³/mol. The monoisotopic (exact) mass is 531 g/mol. The average Bonchev–Trinajstić information content (AvgIpc) is 3.32. The maximum Gasteiger partial charge on any atom is 0.228 e. The second-order valence-corrected chi connectivity index (χ2v) is 11.7. The van der Waals surface area contributed by atoms with Crippen LogP contribution in [0.25, 0.3) is 10.8 Å². The molecule has 4 aromatic carbocycles. The second kappa shape index (κ2) is 10.9. The van der Waals surface area contributed by atoms with Crippen LogP contribution >= 0.6 is 0 Å². The van der Waals surface area contributed by atoms with Crippen molar-refractivity contribution in [3.8, 4) is 0 Å². The minimum Gasteiger partial charge on any atom is -0.369 e. The van der Waals surface area contributed by atoms with Crippen molar-refractivity contribution in [2.45, 2.75) is 43.1 Å². The van der Waals surface area contributed by atoms with Crippen LogP contribution in [0.1, 0.15) is 42.4 Å². The normalized spacial score (nSPS) is 21.1. The second-order valence-electron chi connectivity index (χ2n) is 11.7. The fraction of sp³-hybridized carbons (Fsp3) is 0.314. The highest BCUT2D eigenvalue weighted by atomic mass is 16.2. The Labute approximate surface area is 236 Å². The summed E-state index contributed by atoms with van der Waals surface area (Å²) in [6.45, 7) is 3.85. The fourth-order valence-corrected chi connectivity index (χ4v) is 6.85. The molecule has 204 valence electrons. The number of hydrogen-bond acceptors (Lipinski definition) is 3. The standard InChI is InChI=1S/C35H37N3O2/c36-33(40)35(30-13-5-2-6-14-30)18-21-37(22-19-35)20-17-34(31-16-15-28-11-7-8-12-29(28)23-31)24-32(39)38(26-34)25-27-9-3-1-4-10-27/h1-16,23H,17-22,24-26H2,(H2,36,40). The lowest BCUT2D eigenvalue weighted by atomic mass is 9.71. The molecule has 2 saturated heterocycles. The van der Waals surface area contributed by atoms with Crippen molar-refractivity contribution in [1.82, 2.24) is 9.80 Å². The molecule has 0 spiro atoms. The van der Waals surface area contributed by atoms with Crippen LogP contribution in [-0.2, 0) is 27.0 Å². The van der Waals surface area contributed by atoms with Gasteiger partial charge in [-0.2, -0.15) is 0 Å². The van der Waals surface area contributed by atoms with Crippen LogP contribution < -0.4 is 5.73 Å². The third kappa shape index (κ3) is 5.02. The Kier molecular flexibility index (Phi) is 7.16. The quantitative estimate of drug-likeness (QED) is 0.330. The zero-order valence-electron chi connectivity index (χ0n) is 23.0. The first-order valence-electron chi connectivity index (χ1n) is 14.4. The lowest BCUT2D eigenvalue weighted by Gasteiger charge is -2.41. The van der Waals surface area contributed by atoms with Gasteiger partial charge in [0.25, 0.3) is 0 Å². The number of rotatable bonds is 8. The summed E-state index contributed by atoms with van der Waals surface area (Å²) in [7, 11) is 0. The van der Waals surface area contributed by atoms with Crippen LogP contribution in [-0.4, -0.2) is 47.8 Å². The van der Waals surface area contributed by atoms with Crippen molar-refractivity contribution in [2.24, 2.45) is 5.73 Å². The number of nitrogens with zero attached hydrogens (tertiary/aromatic N) is 2. The van der Waals surface area contributed by atoms with Crippen molar-refractivity contribution in [3.05, 3.63) is 120 Å². The van der Waals surface area contributed by atoms with Gasteiger partial charge in [0.2, 0.25) is 11.8 Å². The van der Waals surface area contributed by atoms with E-state index >= 15 is 0 Å². The molecule has 5 nitrogen and oxygen atoms in total. The van der Waals surface area contributed by atoms with Gasteiger partial charge >= 0.3 is 0 Å². The molecule has 0 aromatic heterocycles. The molecule has 2 heterocycles. The summed E-state index contributed by atoms with van der Waals surface area (Å²) in [5.74, 6) is -0.0172. The molecule has 2 aliphatic heterocycles. The smallest absolute Gasteiger partial charge is 0.228 e. The molecule has 1 atom stereocenters. The largest absolute Gasteiger partial charge is 0.369 e. The van der Waals surface area contributed by atoms with E-state index in [0.29, 0.717) is 32.4 Å². The van der Waals surface area contributed by atoms with E-state index < -0.39 is 5.41 Å². The zero-order valence-corrected chi connectivity index (χ0v) is 23.0. The maximum absolute atomic E-state index is 13.5. The topological polar surface area (TPSA) is 66.6 Å². The van der Waals surface area contributed by atoms with Gasteiger partial charge in [-0.3, -0.25) is 9.59 Å². The molecular formula is C35H37N3O2. The SMILES string of the molecule is NC(=O)C1(c2ccccc2)CCN(CCC2(c3ccc4ccccc4c3)CC(=O)N(Cc3ccccc3)C2)CC1. The van der Waals surface area contributed by atoms with E-state index in [1.807, 2.05) is 53.4 Å². The van der Waals surface area contributed by atoms with Crippen LogP contribution in [0.5, 0.6) is 0 Å². The highest BCUT2D eigenvalue weighted by Crippen LogP contribution is 2.41. The number of amides is 2. The predicted octanol–water partition coefficient (Wildman–Crippen LogP) is 5.42. The number of nitrogens with two attached hydrogens (primary N) is 1. The molecule has 6 rings (SSSR count). The van der Waals surface area contributed by atoms with Gasteiger partial charge in [-0.05, 0) is 66.4 Å². The first-order valence-corrected chi connectivity index (χ1v) is 14.4. The van der Waals surface area contributed by atoms with E-state index in [4.69, 9.17) is 5.73 Å². The molecule has 2 fully saturated rings. The maximum atomic E-state index is 13.5. The Bertz CT molecular complexity index is 1500. The molecule has 4 aromatic rings. The number of benzene rings is 4. The number of piperidine rings is 1. The highest BCUT2D eigenvalue weighted by Gasteiger charge is 2.46. The van der Waals surface area contributed by atoms with E-state index in [0.717, 1.165) is 37.2 Å². The van der Waals surface area contributed by atoms with Gasteiger partial charge in [-0.25, -0.2) is 0 Å². The Balaban J connectivity index is 1.23. The van der Waals surface area contributed by atoms with E-state index in [2.05, 4.69) is 59.5 Å². The summed E-state index contributed by atoms with van der Waals surface area (Å²) in [5.41, 5.74) is 8.54. The zero-order chi connectivity index (χ0) is 27.6. The fourth-order valence-electron chi connectivity index (χ4n) is 6.85. The van der Waals surface area contributed by atoms with Gasteiger partial charge in [0.1, 0.15) is 0 Å². The van der Waals surface area contributed by atoms with Gasteiger partial charge in [0.15, 0.2) is 0 Å². The molecular weight excluding hydrogens is 494 g/mol. The summed E-state index contributed by atoms with van der Waals surface area (Å²) in [6, 6.07) is 35.4. The van der Waals surface area contributed by atoms with Gasteiger partial charge in [-0.1, -0.05) is 103 Å². The lowest BCUT2D eigenvalue weighted by molar-refractivity contribution is -0.128. The van der Waals surface area contributed by atoms with Crippen molar-refractivity contribution in [3.63, 3.8) is 0 Å². The highest BCUT2D eigenvalue weighted by molar-refractivity contribution is 5.87. The number of primary amides is 1. The van der Waals surface area contributed by atoms with Crippen LogP contribution in [0.2, 0.25) is 0 Å². The van der Waals surface area contributed by atoms with Crippen molar-refractivity contribution in [1.29, 1.82) is 0 Å². The summed E-state index contributed by atoms with van der Waals surface area (Å²) in [5, 5.41) is 2.42. The Hall–Kier alpha value is -3.96. The van der Waals surface area contributed by atoms with E-state index in [9.17, 15) is 9.59 Å². The molecule has 0 saturated carbocycles. The Morgan fingerprint density at radius 2 is 1.43 bits per heavy atom. The van der Waals surface area contributed by atoms with Gasteiger partial charge in [0, 0.05) is 24.9 Å². The summed E-state index contributed by atoms with van der Waals surface area (Å²) >= 11 is 0. The van der Waals surface area contributed by atoms with Crippen molar-refractivity contribution >= 4 is 22.6 Å². The molecule has 0 bridgehead atoms. The molecule has 40 heavy (non-hydrogen) atoms. The number of fused-ring (bicyclic) bond motifs is 1. The molecule has 0 radical (unpaired) electrons. The van der Waals surface area contributed by atoms with E-state index in [1.54, 1.807) is 0 Å². The number of hydrogen-bond donors (Lipinski definition) is 1. The number of carbonyl (C=O) groups is 2. The molecule has 2 N–H and O–H groups in total. The molecule has 0 aliphatic carbocycles. The minimum absolute atomic E-state index is 0.215. The van der Waals surface area contributed by atoms with Crippen LogP contribution in [0.4, 0.5) is 0 Å². The van der Waals surface area contributed by atoms with Crippen molar-refractivity contribution < 1.29 is 9.59 Å². The summed E-state index contributed by atoms with van der Waals surface area (Å²) in [4.78, 5) is 30.6. The number of carbonyl (C=O) groups excluding carboxylic acids is 2. The first kappa shape index (κ1) is 26.3. The molecule has 2 amide bonds. The van der Waals surface area contributed by atoms with Crippen LogP contribution in [0.3, 0.4) is 0 Å². The Morgan fingerprint density at radius 3 is 2.12 bits per heavy atom. The van der Waals surface area contributed by atoms with E-state index in [-0.39, 0.29) is 17.2 Å². The summed E-state index contributed by atoms with van der Waals surface area (Å²) < 4.78 is 0. The number of likely N-dealkylation sites (tertiary alicyclic amines) is 2. The van der Waals surface area contributed by atoms with Gasteiger partial charge in [0.05, 0.1) is 5.41 Å². The molecule has 1 unspecified atom stereocenters. The lowest BCUT2D eigenvalue weighted by Crippen LogP contribution is -2.50. The van der Waals surface area contributed by atoms with Crippen molar-refractivity contribution in [2.75, 3.05) is 26.2 Å². The van der Waals surface area contributed by atoms with Crippen LogP contribution in [0.15, 0.2) is 103 Å². The van der Waals surface area contributed by atoms with Gasteiger partial charge < -0.3 is 15.5 Å². The summed E-state index contributed by atoms with van der Waals surface area (Å²) in [6.07, 6.45) is 2.83. The average molecular weight is 532 g/mol. The third-order valence-corrected chi connectivity index (χ3v) is 9.33. The molecule has 2 aliphatic rings. The van der Waals surface area contributed by atoms with E-state index in [1.165, 1.54) is 16.3 Å². The third-order valence-electron chi connectivity index (χ3n) is 9.33. The molecule has 5 heteroatoms. The first-order chi connectivity index (χ1) is 19.5. The van der Waals surface area contributed by atoms with Gasteiger partial charge in [-0.15, -0.1) is 0 Å².